The molecule has 2 aromatic carbocycles. The Morgan fingerprint density at radius 2 is 1.78 bits per heavy atom. The lowest BCUT2D eigenvalue weighted by Gasteiger charge is -2.32. The van der Waals surface area contributed by atoms with Crippen molar-refractivity contribution in [3.05, 3.63) is 70.7 Å². The van der Waals surface area contributed by atoms with Crippen LogP contribution in [0.2, 0.25) is 5.02 Å². The van der Waals surface area contributed by atoms with Gasteiger partial charge < -0.3 is 10.1 Å². The molecule has 2 aromatic rings. The molecule has 0 fully saturated rings. The molecule has 0 aliphatic rings. The van der Waals surface area contributed by atoms with E-state index in [1.165, 1.54) is 0 Å². The molecule has 0 aromatic heterocycles. The maximum atomic E-state index is 12.2. The molecule has 23 heavy (non-hydrogen) atoms. The number of amides is 1. The summed E-state index contributed by atoms with van der Waals surface area (Å²) in [5, 5.41) is 3.66. The number of benzene rings is 2. The molecular weight excluding hydrogens is 310 g/mol. The Bertz CT molecular complexity index is 622. The molecule has 0 saturated carbocycles. The summed E-state index contributed by atoms with van der Waals surface area (Å²) in [4.78, 5) is 12.2. The van der Waals surface area contributed by atoms with Crippen molar-refractivity contribution in [2.24, 2.45) is 0 Å². The van der Waals surface area contributed by atoms with E-state index in [1.807, 2.05) is 42.5 Å². The molecule has 0 aliphatic heterocycles. The average Bonchev–Trinajstić information content (AvgIpc) is 2.59. The van der Waals surface area contributed by atoms with Crippen LogP contribution in [-0.4, -0.2) is 19.6 Å². The van der Waals surface area contributed by atoms with Crippen molar-refractivity contribution in [1.29, 1.82) is 0 Å². The number of hydrogen-bond acceptors (Lipinski definition) is 2. The van der Waals surface area contributed by atoms with E-state index in [9.17, 15) is 4.79 Å². The second kappa shape index (κ2) is 8.14. The first-order valence-electron chi connectivity index (χ1n) is 7.71. The number of carbonyl (C=O) groups is 1. The summed E-state index contributed by atoms with van der Waals surface area (Å²) in [6.45, 7) is 2.50. The van der Waals surface area contributed by atoms with E-state index in [0.29, 0.717) is 18.0 Å². The Morgan fingerprint density at radius 3 is 2.35 bits per heavy atom. The predicted molar refractivity (Wildman–Crippen MR) is 93.6 cm³/mol. The molecule has 1 amide bonds. The fourth-order valence-electron chi connectivity index (χ4n) is 2.60. The number of methoxy groups -OCH3 is 1. The maximum Gasteiger partial charge on any atom is 0.224 e. The Labute approximate surface area is 142 Å². The molecule has 4 heteroatoms. The third-order valence-electron chi connectivity index (χ3n) is 4.11. The van der Waals surface area contributed by atoms with Crippen LogP contribution in [0.15, 0.2) is 54.6 Å². The van der Waals surface area contributed by atoms with Gasteiger partial charge in [0.2, 0.25) is 5.91 Å². The van der Waals surface area contributed by atoms with Gasteiger partial charge in [-0.25, -0.2) is 0 Å². The number of carbonyl (C=O) groups excluding carboxylic acids is 1. The summed E-state index contributed by atoms with van der Waals surface area (Å²) in [6.07, 6.45) is 1.10. The molecule has 3 nitrogen and oxygen atoms in total. The van der Waals surface area contributed by atoms with Gasteiger partial charge in [-0.3, -0.25) is 4.79 Å². The lowest BCUT2D eigenvalue weighted by molar-refractivity contribution is -0.122. The van der Waals surface area contributed by atoms with E-state index < -0.39 is 5.60 Å². The zero-order chi connectivity index (χ0) is 16.7. The van der Waals surface area contributed by atoms with Crippen molar-refractivity contribution >= 4 is 17.5 Å². The second-order valence-corrected chi connectivity index (χ2v) is 5.93. The Balaban J connectivity index is 2.01. The topological polar surface area (TPSA) is 38.3 Å². The van der Waals surface area contributed by atoms with Crippen molar-refractivity contribution in [2.45, 2.75) is 25.4 Å². The molecule has 1 atom stereocenters. The van der Waals surface area contributed by atoms with Crippen LogP contribution < -0.4 is 5.32 Å². The molecule has 0 spiro atoms. The van der Waals surface area contributed by atoms with Crippen LogP contribution in [0.3, 0.4) is 0 Å². The molecule has 2 rings (SSSR count). The van der Waals surface area contributed by atoms with E-state index in [0.717, 1.165) is 17.5 Å². The van der Waals surface area contributed by atoms with Gasteiger partial charge >= 0.3 is 0 Å². The molecule has 1 unspecified atom stereocenters. The van der Waals surface area contributed by atoms with Gasteiger partial charge in [0.15, 0.2) is 0 Å². The number of halogens is 1. The number of ether oxygens (including phenoxy) is 1. The summed E-state index contributed by atoms with van der Waals surface area (Å²) >= 11 is 5.86. The summed E-state index contributed by atoms with van der Waals surface area (Å²) in [6, 6.07) is 17.3. The smallest absolute Gasteiger partial charge is 0.224 e. The Kier molecular flexibility index (Phi) is 6.20. The lowest BCUT2D eigenvalue weighted by Crippen LogP contribution is -2.42. The van der Waals surface area contributed by atoms with Crippen molar-refractivity contribution in [3.63, 3.8) is 0 Å². The van der Waals surface area contributed by atoms with Gasteiger partial charge in [0.25, 0.3) is 0 Å². The van der Waals surface area contributed by atoms with E-state index in [2.05, 4.69) is 12.2 Å². The molecule has 0 heterocycles. The maximum absolute atomic E-state index is 12.2. The summed E-state index contributed by atoms with van der Waals surface area (Å²) < 4.78 is 5.76. The average molecular weight is 332 g/mol. The molecule has 0 radical (unpaired) electrons. The minimum atomic E-state index is -0.503. The number of rotatable bonds is 7. The first-order valence-corrected chi connectivity index (χ1v) is 8.09. The van der Waals surface area contributed by atoms with E-state index in [4.69, 9.17) is 16.3 Å². The van der Waals surface area contributed by atoms with Crippen LogP contribution in [-0.2, 0) is 21.6 Å². The fraction of sp³-hybridized carbons (Fsp3) is 0.316. The van der Waals surface area contributed by atoms with Crippen LogP contribution >= 0.6 is 11.6 Å². The molecule has 122 valence electrons. The van der Waals surface area contributed by atoms with Gasteiger partial charge in [0.1, 0.15) is 5.60 Å². The zero-order valence-electron chi connectivity index (χ0n) is 13.5. The SMILES string of the molecule is CCC(CNC(=O)Cc1ccc(Cl)cc1)(OC)c1ccccc1. The van der Waals surface area contributed by atoms with Crippen LogP contribution in [0.25, 0.3) is 0 Å². The quantitative estimate of drug-likeness (QED) is 0.834. The minimum absolute atomic E-state index is 0.0295. The molecule has 1 N–H and O–H groups in total. The van der Waals surface area contributed by atoms with Crippen LogP contribution in [0.4, 0.5) is 0 Å². The van der Waals surface area contributed by atoms with Gasteiger partial charge in [-0.15, -0.1) is 0 Å². The van der Waals surface area contributed by atoms with Crippen LogP contribution in [0.1, 0.15) is 24.5 Å². The van der Waals surface area contributed by atoms with Crippen molar-refractivity contribution in [1.82, 2.24) is 5.32 Å². The van der Waals surface area contributed by atoms with Crippen molar-refractivity contribution < 1.29 is 9.53 Å². The van der Waals surface area contributed by atoms with Gasteiger partial charge in [-0.1, -0.05) is 61.0 Å². The van der Waals surface area contributed by atoms with E-state index >= 15 is 0 Å². The Morgan fingerprint density at radius 1 is 1.13 bits per heavy atom. The third kappa shape index (κ3) is 4.57. The molecule has 0 saturated heterocycles. The summed E-state index contributed by atoms with van der Waals surface area (Å²) in [5.41, 5.74) is 1.50. The molecule has 0 bridgehead atoms. The van der Waals surface area contributed by atoms with Crippen LogP contribution in [0, 0.1) is 0 Å². The van der Waals surface area contributed by atoms with Gasteiger partial charge in [-0.05, 0) is 29.7 Å². The monoisotopic (exact) mass is 331 g/mol. The summed E-state index contributed by atoms with van der Waals surface area (Å²) in [7, 11) is 1.68. The molecule has 0 aliphatic carbocycles. The van der Waals surface area contributed by atoms with Gasteiger partial charge in [-0.2, -0.15) is 0 Å². The highest BCUT2D eigenvalue weighted by Gasteiger charge is 2.30. The first-order chi connectivity index (χ1) is 11.1. The highest BCUT2D eigenvalue weighted by Crippen LogP contribution is 2.28. The predicted octanol–water partition coefficient (Wildman–Crippen LogP) is 3.95. The third-order valence-corrected chi connectivity index (χ3v) is 4.36. The normalized spacial score (nSPS) is 13.3. The van der Waals surface area contributed by atoms with E-state index in [1.54, 1.807) is 19.2 Å². The Hall–Kier alpha value is -1.84. The highest BCUT2D eigenvalue weighted by atomic mass is 35.5. The largest absolute Gasteiger partial charge is 0.372 e. The lowest BCUT2D eigenvalue weighted by atomic mass is 9.90. The van der Waals surface area contributed by atoms with Gasteiger partial charge in [0.05, 0.1) is 13.0 Å². The highest BCUT2D eigenvalue weighted by molar-refractivity contribution is 6.30. The number of hydrogen-bond donors (Lipinski definition) is 1. The fourth-order valence-corrected chi connectivity index (χ4v) is 2.72. The summed E-state index contributed by atoms with van der Waals surface area (Å²) in [5.74, 6) is -0.0295. The second-order valence-electron chi connectivity index (χ2n) is 5.50. The standard InChI is InChI=1S/C19H22ClNO2/c1-3-19(23-2,16-7-5-4-6-8-16)14-21-18(22)13-15-9-11-17(20)12-10-15/h4-12H,3,13-14H2,1-2H3,(H,21,22). The number of nitrogens with one attached hydrogen (secondary N) is 1. The van der Waals surface area contributed by atoms with E-state index in [-0.39, 0.29) is 5.91 Å². The minimum Gasteiger partial charge on any atom is -0.372 e. The molecular formula is C19H22ClNO2. The van der Waals surface area contributed by atoms with Crippen LogP contribution in [0.5, 0.6) is 0 Å². The first kappa shape index (κ1) is 17.5. The van der Waals surface area contributed by atoms with Crippen molar-refractivity contribution in [2.75, 3.05) is 13.7 Å². The van der Waals surface area contributed by atoms with Gasteiger partial charge in [0, 0.05) is 12.1 Å². The zero-order valence-corrected chi connectivity index (χ0v) is 14.3. The van der Waals surface area contributed by atoms with Crippen molar-refractivity contribution in [3.8, 4) is 0 Å².